The van der Waals surface area contributed by atoms with Crippen LogP contribution in [0.3, 0.4) is 0 Å². The molecule has 0 spiro atoms. The van der Waals surface area contributed by atoms with Crippen LogP contribution in [0.5, 0.6) is 0 Å². The minimum Gasteiger partial charge on any atom is -0.325 e. The van der Waals surface area contributed by atoms with Crippen molar-refractivity contribution in [2.45, 2.75) is 13.3 Å². The van der Waals surface area contributed by atoms with Gasteiger partial charge in [-0.1, -0.05) is 19.1 Å². The lowest BCUT2D eigenvalue weighted by Crippen LogP contribution is -2.37. The second-order valence-electron chi connectivity index (χ2n) is 6.18. The van der Waals surface area contributed by atoms with E-state index in [1.54, 1.807) is 18.2 Å². The first-order valence-corrected chi connectivity index (χ1v) is 8.56. The highest BCUT2D eigenvalue weighted by Crippen LogP contribution is 2.12. The predicted octanol–water partition coefficient (Wildman–Crippen LogP) is 1.01. The number of nitriles is 1. The average molecular weight is 380 g/mol. The molecule has 1 heterocycles. The van der Waals surface area contributed by atoms with E-state index in [0.717, 1.165) is 22.6 Å². The lowest BCUT2D eigenvalue weighted by Gasteiger charge is -2.08. The number of hydrogen-bond acceptors (Lipinski definition) is 5. The minimum atomic E-state index is -1.56. The van der Waals surface area contributed by atoms with Crippen molar-refractivity contribution in [3.63, 3.8) is 0 Å². The molecule has 144 valence electrons. The van der Waals surface area contributed by atoms with Gasteiger partial charge in [0, 0.05) is 26.0 Å². The van der Waals surface area contributed by atoms with Gasteiger partial charge in [-0.25, -0.2) is 4.79 Å². The van der Waals surface area contributed by atoms with Gasteiger partial charge < -0.3 is 9.88 Å². The number of nitrogens with zero attached hydrogens (tertiary/aromatic N) is 3. The van der Waals surface area contributed by atoms with Gasteiger partial charge in [-0.05, 0) is 36.3 Å². The summed E-state index contributed by atoms with van der Waals surface area (Å²) in [7, 11) is 2.79. The van der Waals surface area contributed by atoms with Crippen molar-refractivity contribution < 1.29 is 9.59 Å². The number of allylic oxidation sites excluding steroid dienone is 1. The molecule has 8 nitrogen and oxygen atoms in total. The van der Waals surface area contributed by atoms with Crippen molar-refractivity contribution in [3.05, 3.63) is 68.5 Å². The van der Waals surface area contributed by atoms with E-state index < -0.39 is 28.9 Å². The molecular formula is C20H20N4O4. The maximum absolute atomic E-state index is 12.3. The van der Waals surface area contributed by atoms with Crippen molar-refractivity contribution in [2.75, 3.05) is 5.32 Å². The summed E-state index contributed by atoms with van der Waals surface area (Å²) < 4.78 is 2.10. The van der Waals surface area contributed by atoms with Crippen LogP contribution in [-0.4, -0.2) is 20.8 Å². The largest absolute Gasteiger partial charge is 0.330 e. The van der Waals surface area contributed by atoms with Crippen LogP contribution in [0.15, 0.2) is 46.1 Å². The molecule has 0 radical (unpaired) electrons. The average Bonchev–Trinajstić information content (AvgIpc) is 2.69. The Labute approximate surface area is 161 Å². The Bertz CT molecular complexity index is 1090. The van der Waals surface area contributed by atoms with E-state index >= 15 is 0 Å². The molecule has 1 N–H and O–H groups in total. The summed E-state index contributed by atoms with van der Waals surface area (Å²) in [6, 6.07) is 8.75. The number of carbonyl (C=O) groups is 2. The zero-order valence-electron chi connectivity index (χ0n) is 15.8. The van der Waals surface area contributed by atoms with Crippen LogP contribution in [0, 0.1) is 17.2 Å². The zero-order chi connectivity index (χ0) is 20.8. The number of nitrogens with one attached hydrogen (secondary N) is 1. The standard InChI is InChI=1S/C20H20N4O4/c1-4-13-5-8-15(9-6-13)22-18(26)16(11-21)17(25)10-7-14-12-23(2)20(28)24(3)19(14)27/h5-10,12,16H,4H2,1-3H3,(H,22,26)/b10-7+. The number of amides is 1. The minimum absolute atomic E-state index is 0.0882. The van der Waals surface area contributed by atoms with Crippen molar-refractivity contribution in [3.8, 4) is 6.07 Å². The Hall–Kier alpha value is -3.73. The number of carbonyl (C=O) groups excluding carboxylic acids is 2. The number of aryl methyl sites for hydroxylation is 2. The SMILES string of the molecule is CCc1ccc(NC(=O)C(C#N)C(=O)/C=C/c2cn(C)c(=O)n(C)c2=O)cc1. The Morgan fingerprint density at radius 1 is 1.21 bits per heavy atom. The number of hydrogen-bond donors (Lipinski definition) is 1. The fraction of sp³-hybridized carbons (Fsp3) is 0.250. The first-order valence-electron chi connectivity index (χ1n) is 8.56. The Kier molecular flexibility index (Phi) is 6.45. The van der Waals surface area contributed by atoms with Crippen molar-refractivity contribution in [2.24, 2.45) is 20.0 Å². The molecule has 0 aliphatic rings. The second kappa shape index (κ2) is 8.77. The Morgan fingerprint density at radius 2 is 1.86 bits per heavy atom. The highest BCUT2D eigenvalue weighted by molar-refractivity contribution is 6.14. The van der Waals surface area contributed by atoms with Gasteiger partial charge in [-0.15, -0.1) is 0 Å². The van der Waals surface area contributed by atoms with Gasteiger partial charge in [0.25, 0.3) is 5.56 Å². The summed E-state index contributed by atoms with van der Waals surface area (Å²) >= 11 is 0. The molecule has 28 heavy (non-hydrogen) atoms. The van der Waals surface area contributed by atoms with Crippen LogP contribution in [0.2, 0.25) is 0 Å². The van der Waals surface area contributed by atoms with Gasteiger partial charge in [0.05, 0.1) is 11.6 Å². The van der Waals surface area contributed by atoms with E-state index in [9.17, 15) is 24.4 Å². The molecule has 2 rings (SSSR count). The van der Waals surface area contributed by atoms with Gasteiger partial charge in [-0.2, -0.15) is 5.26 Å². The van der Waals surface area contributed by atoms with E-state index in [-0.39, 0.29) is 5.56 Å². The summed E-state index contributed by atoms with van der Waals surface area (Å²) in [5, 5.41) is 11.8. The molecule has 1 aromatic heterocycles. The summed E-state index contributed by atoms with van der Waals surface area (Å²) in [5.74, 6) is -3.07. The van der Waals surface area contributed by atoms with Crippen LogP contribution < -0.4 is 16.6 Å². The molecule has 1 amide bonds. The van der Waals surface area contributed by atoms with Crippen LogP contribution in [-0.2, 0) is 30.1 Å². The summed E-state index contributed by atoms with van der Waals surface area (Å²) in [5.41, 5.74) is 0.571. The molecule has 0 bridgehead atoms. The fourth-order valence-corrected chi connectivity index (χ4v) is 2.51. The van der Waals surface area contributed by atoms with Crippen LogP contribution in [0.4, 0.5) is 5.69 Å². The summed E-state index contributed by atoms with van der Waals surface area (Å²) in [6.07, 6.45) is 4.32. The van der Waals surface area contributed by atoms with Gasteiger partial charge in [0.2, 0.25) is 5.91 Å². The first-order chi connectivity index (χ1) is 13.3. The van der Waals surface area contributed by atoms with E-state index in [4.69, 9.17) is 0 Å². The van der Waals surface area contributed by atoms with E-state index in [2.05, 4.69) is 5.32 Å². The first kappa shape index (κ1) is 20.6. The molecule has 1 aromatic carbocycles. The molecule has 1 atom stereocenters. The highest BCUT2D eigenvalue weighted by atomic mass is 16.2. The topological polar surface area (TPSA) is 114 Å². The predicted molar refractivity (Wildman–Crippen MR) is 105 cm³/mol. The maximum atomic E-state index is 12.3. The highest BCUT2D eigenvalue weighted by Gasteiger charge is 2.24. The van der Waals surface area contributed by atoms with Gasteiger partial charge in [0.1, 0.15) is 0 Å². The van der Waals surface area contributed by atoms with Gasteiger partial charge in [0.15, 0.2) is 11.7 Å². The van der Waals surface area contributed by atoms with Crippen LogP contribution >= 0.6 is 0 Å². The molecular weight excluding hydrogens is 360 g/mol. The molecule has 8 heteroatoms. The lowest BCUT2D eigenvalue weighted by atomic mass is 10.0. The van der Waals surface area contributed by atoms with Crippen molar-refractivity contribution >= 4 is 23.5 Å². The van der Waals surface area contributed by atoms with Crippen LogP contribution in [0.1, 0.15) is 18.1 Å². The number of ketones is 1. The van der Waals surface area contributed by atoms with E-state index in [0.29, 0.717) is 5.69 Å². The Balaban J connectivity index is 2.18. The number of benzene rings is 1. The monoisotopic (exact) mass is 380 g/mol. The third-order valence-electron chi connectivity index (χ3n) is 4.21. The second-order valence-corrected chi connectivity index (χ2v) is 6.18. The molecule has 0 fully saturated rings. The third-order valence-corrected chi connectivity index (χ3v) is 4.21. The zero-order valence-corrected chi connectivity index (χ0v) is 15.8. The quantitative estimate of drug-likeness (QED) is 0.593. The van der Waals surface area contributed by atoms with E-state index in [1.165, 1.54) is 30.9 Å². The van der Waals surface area contributed by atoms with Gasteiger partial charge >= 0.3 is 5.69 Å². The van der Waals surface area contributed by atoms with Gasteiger partial charge in [-0.3, -0.25) is 19.0 Å². The molecule has 0 saturated carbocycles. The normalized spacial score (nSPS) is 11.8. The lowest BCUT2D eigenvalue weighted by molar-refractivity contribution is -0.126. The molecule has 0 aliphatic carbocycles. The molecule has 0 saturated heterocycles. The van der Waals surface area contributed by atoms with Crippen LogP contribution in [0.25, 0.3) is 6.08 Å². The number of aromatic nitrogens is 2. The molecule has 1 unspecified atom stereocenters. The van der Waals surface area contributed by atoms with Crippen molar-refractivity contribution in [1.29, 1.82) is 5.26 Å². The molecule has 2 aromatic rings. The fourth-order valence-electron chi connectivity index (χ4n) is 2.51. The maximum Gasteiger partial charge on any atom is 0.330 e. The van der Waals surface area contributed by atoms with E-state index in [1.807, 2.05) is 19.1 Å². The Morgan fingerprint density at radius 3 is 2.43 bits per heavy atom. The van der Waals surface area contributed by atoms with Crippen molar-refractivity contribution in [1.82, 2.24) is 9.13 Å². The third kappa shape index (κ3) is 4.51. The number of rotatable bonds is 6. The number of anilines is 1. The summed E-state index contributed by atoms with van der Waals surface area (Å²) in [6.45, 7) is 2.00. The smallest absolute Gasteiger partial charge is 0.325 e. The molecule has 0 aliphatic heterocycles. The summed E-state index contributed by atoms with van der Waals surface area (Å²) in [4.78, 5) is 48.3.